The van der Waals surface area contributed by atoms with Crippen LogP contribution in [0, 0.1) is 12.3 Å². The highest BCUT2D eigenvalue weighted by molar-refractivity contribution is 8.01. The Balaban J connectivity index is 1.51. The third kappa shape index (κ3) is 6.02. The first-order valence-corrected chi connectivity index (χ1v) is 9.79. The first kappa shape index (κ1) is 18.8. The molecule has 6 nitrogen and oxygen atoms in total. The fourth-order valence-corrected chi connectivity index (χ4v) is 3.60. The second kappa shape index (κ2) is 9.62. The minimum atomic E-state index is -0.128. The van der Waals surface area contributed by atoms with Crippen LogP contribution < -0.4 is 15.4 Å². The van der Waals surface area contributed by atoms with E-state index in [9.17, 15) is 4.79 Å². The average molecular weight is 396 g/mol. The third-order valence-electron chi connectivity index (χ3n) is 3.21. The van der Waals surface area contributed by atoms with Gasteiger partial charge in [0.25, 0.3) is 0 Å². The van der Waals surface area contributed by atoms with E-state index in [2.05, 4.69) is 26.8 Å². The topological polar surface area (TPSA) is 76.1 Å². The van der Waals surface area contributed by atoms with Gasteiger partial charge in [0.15, 0.2) is 4.34 Å². The quantitative estimate of drug-likeness (QED) is 0.444. The predicted molar refractivity (Wildman–Crippen MR) is 109 cm³/mol. The number of amides is 1. The van der Waals surface area contributed by atoms with Crippen LogP contribution in [0.15, 0.2) is 58.9 Å². The van der Waals surface area contributed by atoms with Gasteiger partial charge in [0, 0.05) is 5.69 Å². The molecule has 0 saturated carbocycles. The number of nitrogens with one attached hydrogen (secondary N) is 2. The van der Waals surface area contributed by atoms with Crippen molar-refractivity contribution in [1.29, 1.82) is 0 Å². The van der Waals surface area contributed by atoms with Gasteiger partial charge in [-0.05, 0) is 36.4 Å². The van der Waals surface area contributed by atoms with Crippen LogP contribution in [0.25, 0.3) is 0 Å². The number of rotatable bonds is 8. The maximum Gasteiger partial charge on any atom is 0.231 e. The molecule has 0 aliphatic rings. The summed E-state index contributed by atoms with van der Waals surface area (Å²) in [5, 5.41) is 14.6. The van der Waals surface area contributed by atoms with Gasteiger partial charge in [-0.25, -0.2) is 0 Å². The summed E-state index contributed by atoms with van der Waals surface area (Å²) in [6.07, 6.45) is 5.10. The Hall–Kier alpha value is -3.02. The number of ether oxygens (including phenoxy) is 1. The molecule has 8 heteroatoms. The summed E-state index contributed by atoms with van der Waals surface area (Å²) >= 11 is 2.70. The first-order valence-electron chi connectivity index (χ1n) is 7.99. The van der Waals surface area contributed by atoms with Crippen molar-refractivity contribution in [3.63, 3.8) is 0 Å². The number of carbonyl (C=O) groups excluding carboxylic acids is 1. The fraction of sp³-hybridized carbons (Fsp3) is 0.105. The van der Waals surface area contributed by atoms with Crippen molar-refractivity contribution >= 4 is 39.8 Å². The van der Waals surface area contributed by atoms with Crippen LogP contribution in [0.4, 0.5) is 10.8 Å². The van der Waals surface area contributed by atoms with Gasteiger partial charge < -0.3 is 15.4 Å². The molecule has 0 unspecified atom stereocenters. The zero-order chi connectivity index (χ0) is 18.9. The normalized spacial score (nSPS) is 10.0. The molecule has 1 amide bonds. The number of para-hydroxylation sites is 1. The fourth-order valence-electron chi connectivity index (χ4n) is 2.00. The van der Waals surface area contributed by atoms with Crippen molar-refractivity contribution in [1.82, 2.24) is 15.5 Å². The van der Waals surface area contributed by atoms with E-state index in [4.69, 9.17) is 11.2 Å². The Kier molecular flexibility index (Phi) is 6.68. The van der Waals surface area contributed by atoms with Crippen molar-refractivity contribution < 1.29 is 9.53 Å². The lowest BCUT2D eigenvalue weighted by molar-refractivity contribution is -0.118. The largest absolute Gasteiger partial charge is 0.457 e. The number of hydrogen-bond donors (Lipinski definition) is 2. The number of hydrogen-bond acceptors (Lipinski definition) is 7. The monoisotopic (exact) mass is 396 g/mol. The maximum atomic E-state index is 11.5. The minimum absolute atomic E-state index is 0.128. The Morgan fingerprint density at radius 2 is 1.85 bits per heavy atom. The molecule has 0 fully saturated rings. The molecule has 0 aliphatic heterocycles. The SMILES string of the molecule is C#CCNC(=O)CSc1nnc(Nc2ccc(Oc3ccccc3)cc2)s1. The number of nitrogens with zero attached hydrogens (tertiary/aromatic N) is 2. The molecule has 3 aromatic rings. The van der Waals surface area contributed by atoms with Crippen LogP contribution in [0.5, 0.6) is 11.5 Å². The van der Waals surface area contributed by atoms with Gasteiger partial charge in [-0.3, -0.25) is 4.79 Å². The molecule has 1 heterocycles. The Bertz CT molecular complexity index is 921. The van der Waals surface area contributed by atoms with E-state index in [1.807, 2.05) is 54.6 Å². The van der Waals surface area contributed by atoms with Gasteiger partial charge in [0.1, 0.15) is 11.5 Å². The second-order valence-corrected chi connectivity index (χ2v) is 7.41. The maximum absolute atomic E-state index is 11.5. The summed E-state index contributed by atoms with van der Waals surface area (Å²) in [4.78, 5) is 11.5. The van der Waals surface area contributed by atoms with Gasteiger partial charge in [-0.2, -0.15) is 0 Å². The molecule has 2 N–H and O–H groups in total. The Morgan fingerprint density at radius 3 is 2.59 bits per heavy atom. The highest BCUT2D eigenvalue weighted by Gasteiger charge is 2.08. The van der Waals surface area contributed by atoms with E-state index in [1.165, 1.54) is 23.1 Å². The molecule has 0 spiro atoms. The van der Waals surface area contributed by atoms with Gasteiger partial charge in [0.05, 0.1) is 12.3 Å². The molecular formula is C19H16N4O2S2. The van der Waals surface area contributed by atoms with Crippen molar-refractivity contribution in [3.8, 4) is 23.8 Å². The number of terminal acetylenes is 1. The molecule has 27 heavy (non-hydrogen) atoms. The molecule has 0 bridgehead atoms. The highest BCUT2D eigenvalue weighted by Crippen LogP contribution is 2.29. The summed E-state index contributed by atoms with van der Waals surface area (Å²) < 4.78 is 6.47. The van der Waals surface area contributed by atoms with Crippen LogP contribution in [0.2, 0.25) is 0 Å². The van der Waals surface area contributed by atoms with Crippen LogP contribution in [0.3, 0.4) is 0 Å². The molecule has 0 aliphatic carbocycles. The lowest BCUT2D eigenvalue weighted by Gasteiger charge is -2.06. The van der Waals surface area contributed by atoms with Crippen molar-refractivity contribution in [3.05, 3.63) is 54.6 Å². The van der Waals surface area contributed by atoms with Crippen molar-refractivity contribution in [2.45, 2.75) is 4.34 Å². The molecule has 0 atom stereocenters. The molecule has 1 aromatic heterocycles. The van der Waals surface area contributed by atoms with E-state index in [1.54, 1.807) is 0 Å². The molecule has 0 saturated heterocycles. The average Bonchev–Trinajstić information content (AvgIpc) is 3.14. The molecule has 136 valence electrons. The minimum Gasteiger partial charge on any atom is -0.457 e. The second-order valence-electron chi connectivity index (χ2n) is 5.21. The Labute approximate surface area is 165 Å². The number of carbonyl (C=O) groups is 1. The summed E-state index contributed by atoms with van der Waals surface area (Å²) in [7, 11) is 0. The summed E-state index contributed by atoms with van der Waals surface area (Å²) in [6.45, 7) is 0.228. The molecule has 0 radical (unpaired) electrons. The lowest BCUT2D eigenvalue weighted by atomic mass is 10.3. The van der Waals surface area contributed by atoms with Gasteiger partial charge in [-0.15, -0.1) is 16.6 Å². The summed E-state index contributed by atoms with van der Waals surface area (Å²) in [6, 6.07) is 17.2. The van der Waals surface area contributed by atoms with E-state index < -0.39 is 0 Å². The van der Waals surface area contributed by atoms with E-state index in [0.29, 0.717) is 9.47 Å². The number of thioether (sulfide) groups is 1. The predicted octanol–water partition coefficient (Wildman–Crippen LogP) is 3.92. The van der Waals surface area contributed by atoms with Crippen LogP contribution in [-0.4, -0.2) is 28.4 Å². The highest BCUT2D eigenvalue weighted by atomic mass is 32.2. The zero-order valence-electron chi connectivity index (χ0n) is 14.2. The smallest absolute Gasteiger partial charge is 0.231 e. The van der Waals surface area contributed by atoms with E-state index in [-0.39, 0.29) is 18.2 Å². The van der Waals surface area contributed by atoms with E-state index in [0.717, 1.165) is 17.2 Å². The third-order valence-corrected chi connectivity index (χ3v) is 5.18. The number of aromatic nitrogens is 2. The van der Waals surface area contributed by atoms with E-state index >= 15 is 0 Å². The molecule has 2 aromatic carbocycles. The number of benzene rings is 2. The van der Waals surface area contributed by atoms with Crippen LogP contribution >= 0.6 is 23.1 Å². The van der Waals surface area contributed by atoms with Crippen LogP contribution in [0.1, 0.15) is 0 Å². The zero-order valence-corrected chi connectivity index (χ0v) is 15.8. The van der Waals surface area contributed by atoms with Gasteiger partial charge in [0.2, 0.25) is 11.0 Å². The standard InChI is InChI=1S/C19H16N4O2S2/c1-2-12-20-17(24)13-26-19-23-22-18(27-19)21-14-8-10-16(11-9-14)25-15-6-4-3-5-7-15/h1,3-11H,12-13H2,(H,20,24)(H,21,22). The van der Waals surface area contributed by atoms with Gasteiger partial charge >= 0.3 is 0 Å². The first-order chi connectivity index (χ1) is 13.2. The van der Waals surface area contributed by atoms with Crippen molar-refractivity contribution in [2.75, 3.05) is 17.6 Å². The van der Waals surface area contributed by atoms with Gasteiger partial charge in [-0.1, -0.05) is 47.2 Å². The summed E-state index contributed by atoms with van der Waals surface area (Å²) in [5.74, 6) is 4.02. The van der Waals surface area contributed by atoms with Crippen LogP contribution in [-0.2, 0) is 4.79 Å². The summed E-state index contributed by atoms with van der Waals surface area (Å²) in [5.41, 5.74) is 0.870. The molecular weight excluding hydrogens is 380 g/mol. The van der Waals surface area contributed by atoms with Crippen molar-refractivity contribution in [2.24, 2.45) is 0 Å². The molecule has 3 rings (SSSR count). The number of anilines is 2. The lowest BCUT2D eigenvalue weighted by Crippen LogP contribution is -2.25. The Morgan fingerprint density at radius 1 is 1.11 bits per heavy atom.